The van der Waals surface area contributed by atoms with Crippen LogP contribution >= 0.6 is 0 Å². The molecule has 0 spiro atoms. The molecule has 0 bridgehead atoms. The second-order valence-corrected chi connectivity index (χ2v) is 3.11. The monoisotopic (exact) mass is 220 g/mol. The van der Waals surface area contributed by atoms with Gasteiger partial charge in [-0.05, 0) is 17.7 Å². The molecule has 0 saturated carbocycles. The number of hydrogen-bond acceptors (Lipinski definition) is 2. The van der Waals surface area contributed by atoms with Crippen molar-refractivity contribution in [3.8, 4) is 5.75 Å². The number of alkyl halides is 3. The second kappa shape index (κ2) is 4.53. The summed E-state index contributed by atoms with van der Waals surface area (Å²) in [4.78, 5) is 0. The van der Waals surface area contributed by atoms with Gasteiger partial charge in [0.05, 0.1) is 19.6 Å². The van der Waals surface area contributed by atoms with Gasteiger partial charge in [-0.15, -0.1) is 0 Å². The molecule has 1 N–H and O–H groups in total. The normalized spacial score (nSPS) is 13.7. The van der Waals surface area contributed by atoms with Crippen molar-refractivity contribution in [1.29, 1.82) is 0 Å². The summed E-state index contributed by atoms with van der Waals surface area (Å²) in [5.41, 5.74) is 0.230. The molecule has 0 amide bonds. The lowest BCUT2D eigenvalue weighted by Crippen LogP contribution is -2.13. The summed E-state index contributed by atoms with van der Waals surface area (Å²) in [5, 5.41) is 9.26. The molecule has 15 heavy (non-hydrogen) atoms. The smallest absolute Gasteiger partial charge is 0.391 e. The van der Waals surface area contributed by atoms with Crippen LogP contribution in [0.5, 0.6) is 5.75 Å². The fraction of sp³-hybridized carbons (Fsp3) is 0.400. The van der Waals surface area contributed by atoms with Crippen molar-refractivity contribution < 1.29 is 23.0 Å². The quantitative estimate of drug-likeness (QED) is 0.848. The highest BCUT2D eigenvalue weighted by Gasteiger charge is 2.31. The zero-order valence-corrected chi connectivity index (χ0v) is 8.08. The molecule has 0 heterocycles. The van der Waals surface area contributed by atoms with Crippen LogP contribution in [0.15, 0.2) is 24.3 Å². The molecule has 0 aromatic heterocycles. The van der Waals surface area contributed by atoms with Crippen LogP contribution in [-0.2, 0) is 0 Å². The van der Waals surface area contributed by atoms with E-state index in [1.54, 1.807) is 0 Å². The van der Waals surface area contributed by atoms with E-state index >= 15 is 0 Å². The van der Waals surface area contributed by atoms with Gasteiger partial charge >= 0.3 is 6.18 Å². The van der Waals surface area contributed by atoms with Crippen LogP contribution in [0.2, 0.25) is 0 Å². The maximum atomic E-state index is 12.0. The molecular formula is C10H11F3O2. The van der Waals surface area contributed by atoms with Crippen molar-refractivity contribution in [3.63, 3.8) is 0 Å². The van der Waals surface area contributed by atoms with Gasteiger partial charge in [0, 0.05) is 0 Å². The van der Waals surface area contributed by atoms with Crippen molar-refractivity contribution in [1.82, 2.24) is 0 Å². The number of benzene rings is 1. The van der Waals surface area contributed by atoms with E-state index in [1.807, 2.05) is 0 Å². The minimum Gasteiger partial charge on any atom is -0.497 e. The van der Waals surface area contributed by atoms with Crippen LogP contribution in [-0.4, -0.2) is 18.4 Å². The predicted octanol–water partition coefficient (Wildman–Crippen LogP) is 2.68. The standard InChI is InChI=1S/C10H11F3O2/c1-15-8-4-2-7(3-5-8)9(14)6-10(11,12)13/h2-5,9,14H,6H2,1H3/t9-/m1/s1. The average molecular weight is 220 g/mol. The first kappa shape index (κ1) is 11.8. The minimum absolute atomic E-state index is 0.230. The van der Waals surface area contributed by atoms with E-state index in [-0.39, 0.29) is 5.56 Å². The molecule has 0 fully saturated rings. The van der Waals surface area contributed by atoms with Crippen LogP contribution in [0.4, 0.5) is 13.2 Å². The van der Waals surface area contributed by atoms with Crippen LogP contribution in [0, 0.1) is 0 Å². The predicted molar refractivity (Wildman–Crippen MR) is 48.6 cm³/mol. The third-order valence-corrected chi connectivity index (χ3v) is 1.93. The topological polar surface area (TPSA) is 29.5 Å². The highest BCUT2D eigenvalue weighted by molar-refractivity contribution is 5.28. The number of rotatable bonds is 3. The number of ether oxygens (including phenoxy) is 1. The molecule has 0 aliphatic heterocycles. The van der Waals surface area contributed by atoms with Gasteiger partial charge in [0.15, 0.2) is 0 Å². The number of hydrogen-bond donors (Lipinski definition) is 1. The van der Waals surface area contributed by atoms with Gasteiger partial charge in [0.25, 0.3) is 0 Å². The zero-order valence-electron chi connectivity index (χ0n) is 8.08. The van der Waals surface area contributed by atoms with Crippen LogP contribution in [0.1, 0.15) is 18.1 Å². The van der Waals surface area contributed by atoms with Crippen molar-refractivity contribution in [2.75, 3.05) is 7.11 Å². The highest BCUT2D eigenvalue weighted by atomic mass is 19.4. The summed E-state index contributed by atoms with van der Waals surface area (Å²) in [6, 6.07) is 5.84. The van der Waals surface area contributed by atoms with Gasteiger partial charge in [-0.3, -0.25) is 0 Å². The van der Waals surface area contributed by atoms with Gasteiger partial charge in [0.2, 0.25) is 0 Å². The molecular weight excluding hydrogens is 209 g/mol. The van der Waals surface area contributed by atoms with Crippen molar-refractivity contribution in [2.24, 2.45) is 0 Å². The molecule has 2 nitrogen and oxygen atoms in total. The molecule has 0 radical (unpaired) electrons. The maximum absolute atomic E-state index is 12.0. The largest absolute Gasteiger partial charge is 0.497 e. The lowest BCUT2D eigenvalue weighted by Gasteiger charge is -2.13. The summed E-state index contributed by atoms with van der Waals surface area (Å²) in [6.07, 6.45) is -7.12. The Labute approximate surface area is 85.3 Å². The molecule has 1 aromatic carbocycles. The lowest BCUT2D eigenvalue weighted by atomic mass is 10.1. The Hall–Kier alpha value is -1.23. The summed E-state index contributed by atoms with van der Waals surface area (Å²) >= 11 is 0. The van der Waals surface area contributed by atoms with Gasteiger partial charge in [-0.25, -0.2) is 0 Å². The van der Waals surface area contributed by atoms with Crippen molar-refractivity contribution in [2.45, 2.75) is 18.7 Å². The first-order chi connectivity index (χ1) is 6.92. The molecule has 1 atom stereocenters. The summed E-state index contributed by atoms with van der Waals surface area (Å²) < 4.78 is 40.7. The number of aliphatic hydroxyl groups is 1. The number of halogens is 3. The molecule has 0 saturated heterocycles. The molecule has 1 rings (SSSR count). The van der Waals surface area contributed by atoms with Crippen LogP contribution in [0.3, 0.4) is 0 Å². The molecule has 5 heteroatoms. The van der Waals surface area contributed by atoms with Crippen LogP contribution in [0.25, 0.3) is 0 Å². The van der Waals surface area contributed by atoms with E-state index in [0.717, 1.165) is 0 Å². The Kier molecular flexibility index (Phi) is 3.57. The molecule has 84 valence electrons. The fourth-order valence-electron chi connectivity index (χ4n) is 1.16. The minimum atomic E-state index is -4.36. The number of aliphatic hydroxyl groups excluding tert-OH is 1. The van der Waals surface area contributed by atoms with E-state index in [1.165, 1.54) is 31.4 Å². The molecule has 0 unspecified atom stereocenters. The van der Waals surface area contributed by atoms with Crippen LogP contribution < -0.4 is 4.74 Å². The molecule has 1 aromatic rings. The maximum Gasteiger partial charge on any atom is 0.391 e. The third kappa shape index (κ3) is 3.79. The third-order valence-electron chi connectivity index (χ3n) is 1.93. The van der Waals surface area contributed by atoms with E-state index in [0.29, 0.717) is 5.75 Å². The average Bonchev–Trinajstić information content (AvgIpc) is 2.15. The van der Waals surface area contributed by atoms with Crippen molar-refractivity contribution >= 4 is 0 Å². The van der Waals surface area contributed by atoms with Gasteiger partial charge in [-0.2, -0.15) is 13.2 Å². The molecule has 0 aliphatic rings. The Morgan fingerprint density at radius 3 is 2.20 bits per heavy atom. The highest BCUT2D eigenvalue weighted by Crippen LogP contribution is 2.29. The van der Waals surface area contributed by atoms with E-state index in [2.05, 4.69) is 0 Å². The first-order valence-corrected chi connectivity index (χ1v) is 4.31. The summed E-state index contributed by atoms with van der Waals surface area (Å²) in [7, 11) is 1.46. The zero-order chi connectivity index (χ0) is 11.5. The Balaban J connectivity index is 2.70. The lowest BCUT2D eigenvalue weighted by molar-refractivity contribution is -0.154. The first-order valence-electron chi connectivity index (χ1n) is 4.31. The summed E-state index contributed by atoms with van der Waals surface area (Å²) in [6.45, 7) is 0. The second-order valence-electron chi connectivity index (χ2n) is 3.11. The number of methoxy groups -OCH3 is 1. The van der Waals surface area contributed by atoms with E-state index < -0.39 is 18.7 Å². The van der Waals surface area contributed by atoms with Gasteiger partial charge in [0.1, 0.15) is 5.75 Å². The van der Waals surface area contributed by atoms with Gasteiger partial charge < -0.3 is 9.84 Å². The Bertz CT molecular complexity index is 305. The van der Waals surface area contributed by atoms with E-state index in [9.17, 15) is 18.3 Å². The molecule has 0 aliphatic carbocycles. The summed E-state index contributed by atoms with van der Waals surface area (Å²) in [5.74, 6) is 0.540. The Morgan fingerprint density at radius 2 is 1.80 bits per heavy atom. The van der Waals surface area contributed by atoms with E-state index in [4.69, 9.17) is 4.74 Å². The fourth-order valence-corrected chi connectivity index (χ4v) is 1.16. The Morgan fingerprint density at radius 1 is 1.27 bits per heavy atom. The van der Waals surface area contributed by atoms with Gasteiger partial charge in [-0.1, -0.05) is 12.1 Å². The SMILES string of the molecule is COc1ccc([C@H](O)CC(F)(F)F)cc1. The van der Waals surface area contributed by atoms with Crippen molar-refractivity contribution in [3.05, 3.63) is 29.8 Å².